The van der Waals surface area contributed by atoms with Crippen molar-refractivity contribution in [1.29, 1.82) is 0 Å². The zero-order valence-corrected chi connectivity index (χ0v) is 8.48. The normalized spacial score (nSPS) is 19.7. The van der Waals surface area contributed by atoms with Gasteiger partial charge in [0.05, 0.1) is 18.8 Å². The maximum atomic E-state index is 13.4. The van der Waals surface area contributed by atoms with Gasteiger partial charge in [-0.05, 0) is 18.2 Å². The quantitative estimate of drug-likeness (QED) is 0.852. The van der Waals surface area contributed by atoms with Gasteiger partial charge in [-0.2, -0.15) is 0 Å². The lowest BCUT2D eigenvalue weighted by atomic mass is 10.2. The van der Waals surface area contributed by atoms with Crippen LogP contribution in [0.5, 0.6) is 5.75 Å². The summed E-state index contributed by atoms with van der Waals surface area (Å²) in [7, 11) is 0. The molecular formula is C11H11FO4. The number of carbonyl (C=O) groups is 1. The summed E-state index contributed by atoms with van der Waals surface area (Å²) >= 11 is 0. The van der Waals surface area contributed by atoms with Crippen LogP contribution in [0.4, 0.5) is 4.39 Å². The second-order valence-electron chi connectivity index (χ2n) is 3.55. The first kappa shape index (κ1) is 10.9. The van der Waals surface area contributed by atoms with E-state index < -0.39 is 11.8 Å². The molecule has 16 heavy (non-hydrogen) atoms. The Morgan fingerprint density at radius 1 is 1.56 bits per heavy atom. The van der Waals surface area contributed by atoms with Gasteiger partial charge in [-0.25, -0.2) is 9.18 Å². The Hall–Kier alpha value is -1.62. The van der Waals surface area contributed by atoms with E-state index >= 15 is 0 Å². The number of aromatic carboxylic acids is 1. The molecule has 1 unspecified atom stereocenters. The minimum atomic E-state index is -1.16. The lowest BCUT2D eigenvalue weighted by Gasteiger charge is -2.12. The number of rotatable bonds is 3. The molecule has 1 aromatic rings. The third-order valence-corrected chi connectivity index (χ3v) is 2.36. The van der Waals surface area contributed by atoms with Crippen LogP contribution in [0, 0.1) is 5.82 Å². The highest BCUT2D eigenvalue weighted by molar-refractivity contribution is 5.87. The van der Waals surface area contributed by atoms with Crippen molar-refractivity contribution >= 4 is 5.97 Å². The van der Waals surface area contributed by atoms with Crippen LogP contribution in [0.3, 0.4) is 0 Å². The first-order chi connectivity index (χ1) is 7.66. The summed E-state index contributed by atoms with van der Waals surface area (Å²) in [6.45, 7) is 1.06. The van der Waals surface area contributed by atoms with Crippen molar-refractivity contribution in [2.45, 2.75) is 12.5 Å². The number of ether oxygens (including phenoxy) is 2. The summed E-state index contributed by atoms with van der Waals surface area (Å²) in [5.74, 6) is -1.75. The van der Waals surface area contributed by atoms with Crippen LogP contribution in [0.1, 0.15) is 16.8 Å². The monoisotopic (exact) mass is 226 g/mol. The highest BCUT2D eigenvalue weighted by Crippen LogP contribution is 2.21. The van der Waals surface area contributed by atoms with E-state index in [1.54, 1.807) is 0 Å². The largest absolute Gasteiger partial charge is 0.485 e. The standard InChI is InChI=1S/C11H11FO4/c12-9-5-7(11(13)14)1-2-10(9)16-8-3-4-15-6-8/h1-2,5,8H,3-4,6H2,(H,13,14). The lowest BCUT2D eigenvalue weighted by Crippen LogP contribution is -2.16. The molecule has 1 aliphatic heterocycles. The maximum absolute atomic E-state index is 13.4. The third kappa shape index (κ3) is 2.30. The molecule has 0 aromatic heterocycles. The van der Waals surface area contributed by atoms with E-state index in [9.17, 15) is 9.18 Å². The van der Waals surface area contributed by atoms with Gasteiger partial charge in [0.2, 0.25) is 0 Å². The Morgan fingerprint density at radius 3 is 2.94 bits per heavy atom. The lowest BCUT2D eigenvalue weighted by molar-refractivity contribution is 0.0696. The fraction of sp³-hybridized carbons (Fsp3) is 0.364. The second-order valence-corrected chi connectivity index (χ2v) is 3.55. The first-order valence-corrected chi connectivity index (χ1v) is 4.94. The summed E-state index contributed by atoms with van der Waals surface area (Å²) in [6.07, 6.45) is 0.574. The molecule has 1 aromatic carbocycles. The SMILES string of the molecule is O=C(O)c1ccc(OC2CCOC2)c(F)c1. The van der Waals surface area contributed by atoms with Crippen LogP contribution in [-0.4, -0.2) is 30.4 Å². The molecule has 5 heteroatoms. The predicted molar refractivity (Wildman–Crippen MR) is 53.2 cm³/mol. The van der Waals surface area contributed by atoms with Gasteiger partial charge in [-0.15, -0.1) is 0 Å². The molecule has 4 nitrogen and oxygen atoms in total. The van der Waals surface area contributed by atoms with Gasteiger partial charge in [0.25, 0.3) is 0 Å². The van der Waals surface area contributed by atoms with Crippen molar-refractivity contribution in [3.63, 3.8) is 0 Å². The summed E-state index contributed by atoms with van der Waals surface area (Å²) < 4.78 is 23.9. The van der Waals surface area contributed by atoms with Crippen molar-refractivity contribution in [3.05, 3.63) is 29.6 Å². The molecular weight excluding hydrogens is 215 g/mol. The van der Waals surface area contributed by atoms with E-state index in [1.165, 1.54) is 12.1 Å². The Kier molecular flexibility index (Phi) is 3.05. The predicted octanol–water partition coefficient (Wildman–Crippen LogP) is 1.69. The molecule has 0 bridgehead atoms. The molecule has 0 amide bonds. The third-order valence-electron chi connectivity index (χ3n) is 2.36. The number of halogens is 1. The summed E-state index contributed by atoms with van der Waals surface area (Å²) in [6, 6.07) is 3.60. The molecule has 0 aliphatic carbocycles. The van der Waals surface area contributed by atoms with Gasteiger partial charge in [0.1, 0.15) is 6.10 Å². The van der Waals surface area contributed by atoms with Crippen LogP contribution in [0.2, 0.25) is 0 Å². The smallest absolute Gasteiger partial charge is 0.335 e. The molecule has 1 fully saturated rings. The topological polar surface area (TPSA) is 55.8 Å². The minimum Gasteiger partial charge on any atom is -0.485 e. The Bertz CT molecular complexity index is 399. The number of hydrogen-bond donors (Lipinski definition) is 1. The Morgan fingerprint density at radius 2 is 2.38 bits per heavy atom. The summed E-state index contributed by atoms with van der Waals surface area (Å²) in [4.78, 5) is 10.6. The molecule has 0 radical (unpaired) electrons. The number of benzene rings is 1. The molecule has 0 saturated carbocycles. The van der Waals surface area contributed by atoms with Gasteiger partial charge in [-0.3, -0.25) is 0 Å². The van der Waals surface area contributed by atoms with Crippen molar-refractivity contribution in [2.75, 3.05) is 13.2 Å². The second kappa shape index (κ2) is 4.49. The van der Waals surface area contributed by atoms with Gasteiger partial charge in [0, 0.05) is 6.42 Å². The number of carboxylic acids is 1. The highest BCUT2D eigenvalue weighted by Gasteiger charge is 2.19. The van der Waals surface area contributed by atoms with Crippen LogP contribution in [0.15, 0.2) is 18.2 Å². The fourth-order valence-corrected chi connectivity index (χ4v) is 1.51. The van der Waals surface area contributed by atoms with E-state index in [2.05, 4.69) is 0 Å². The van der Waals surface area contributed by atoms with E-state index in [0.29, 0.717) is 13.2 Å². The average molecular weight is 226 g/mol. The van der Waals surface area contributed by atoms with Crippen molar-refractivity contribution in [2.24, 2.45) is 0 Å². The summed E-state index contributed by atoms with van der Waals surface area (Å²) in [5.41, 5.74) is -0.0903. The van der Waals surface area contributed by atoms with E-state index in [1.807, 2.05) is 0 Å². The highest BCUT2D eigenvalue weighted by atomic mass is 19.1. The number of carboxylic acid groups (broad SMARTS) is 1. The molecule has 1 N–H and O–H groups in total. The van der Waals surface area contributed by atoms with E-state index in [-0.39, 0.29) is 17.4 Å². The first-order valence-electron chi connectivity index (χ1n) is 4.94. The van der Waals surface area contributed by atoms with Crippen LogP contribution in [-0.2, 0) is 4.74 Å². The molecule has 1 heterocycles. The molecule has 1 atom stereocenters. The average Bonchev–Trinajstić information content (AvgIpc) is 2.73. The fourth-order valence-electron chi connectivity index (χ4n) is 1.51. The van der Waals surface area contributed by atoms with Crippen molar-refractivity contribution in [1.82, 2.24) is 0 Å². The Balaban J connectivity index is 2.12. The summed E-state index contributed by atoms with van der Waals surface area (Å²) in [5, 5.41) is 8.66. The molecule has 0 spiro atoms. The van der Waals surface area contributed by atoms with Crippen molar-refractivity contribution in [3.8, 4) is 5.75 Å². The van der Waals surface area contributed by atoms with E-state index in [4.69, 9.17) is 14.6 Å². The van der Waals surface area contributed by atoms with Gasteiger partial charge < -0.3 is 14.6 Å². The van der Waals surface area contributed by atoms with Crippen LogP contribution in [0.25, 0.3) is 0 Å². The molecule has 2 rings (SSSR count). The van der Waals surface area contributed by atoms with Crippen LogP contribution < -0.4 is 4.74 Å². The van der Waals surface area contributed by atoms with Crippen molar-refractivity contribution < 1.29 is 23.8 Å². The Labute approximate surface area is 91.6 Å². The molecule has 1 saturated heterocycles. The van der Waals surface area contributed by atoms with Gasteiger partial charge in [0.15, 0.2) is 11.6 Å². The zero-order chi connectivity index (χ0) is 11.5. The maximum Gasteiger partial charge on any atom is 0.335 e. The van der Waals surface area contributed by atoms with E-state index in [0.717, 1.165) is 12.5 Å². The molecule has 86 valence electrons. The minimum absolute atomic E-state index is 0.0699. The van der Waals surface area contributed by atoms with Gasteiger partial charge in [-0.1, -0.05) is 0 Å². The van der Waals surface area contributed by atoms with Gasteiger partial charge >= 0.3 is 5.97 Å². The number of hydrogen-bond acceptors (Lipinski definition) is 3. The molecule has 1 aliphatic rings. The van der Waals surface area contributed by atoms with Crippen LogP contribution >= 0.6 is 0 Å². The zero-order valence-electron chi connectivity index (χ0n) is 8.48.